The molecule has 0 aliphatic carbocycles. The zero-order valence-electron chi connectivity index (χ0n) is 9.20. The first-order chi connectivity index (χ1) is 7.56. The SMILES string of the molecule is CCC(CO)(CO)Nc1cc(Br)ccc1N. The highest BCUT2D eigenvalue weighted by molar-refractivity contribution is 9.10. The van der Waals surface area contributed by atoms with Gasteiger partial charge in [0.15, 0.2) is 0 Å². The maximum Gasteiger partial charge on any atom is 0.0832 e. The first kappa shape index (κ1) is 13.3. The molecule has 16 heavy (non-hydrogen) atoms. The summed E-state index contributed by atoms with van der Waals surface area (Å²) in [5.41, 5.74) is 6.38. The summed E-state index contributed by atoms with van der Waals surface area (Å²) in [6.07, 6.45) is 0.603. The predicted octanol–water partition coefficient (Wildman–Crippen LogP) is 1.58. The summed E-state index contributed by atoms with van der Waals surface area (Å²) in [7, 11) is 0. The number of halogens is 1. The van der Waals surface area contributed by atoms with E-state index in [2.05, 4.69) is 21.2 Å². The van der Waals surface area contributed by atoms with E-state index in [1.54, 1.807) is 6.07 Å². The molecule has 0 atom stereocenters. The largest absolute Gasteiger partial charge is 0.397 e. The van der Waals surface area contributed by atoms with Gasteiger partial charge < -0.3 is 21.3 Å². The normalized spacial score (nSPS) is 11.5. The van der Waals surface area contributed by atoms with Gasteiger partial charge >= 0.3 is 0 Å². The Bertz CT molecular complexity index is 346. The second-order valence-corrected chi connectivity index (χ2v) is 4.72. The maximum absolute atomic E-state index is 9.32. The smallest absolute Gasteiger partial charge is 0.0832 e. The lowest BCUT2D eigenvalue weighted by atomic mass is 9.98. The van der Waals surface area contributed by atoms with Crippen molar-refractivity contribution < 1.29 is 10.2 Å². The Morgan fingerprint density at radius 3 is 2.50 bits per heavy atom. The molecule has 4 nitrogen and oxygen atoms in total. The number of nitrogen functional groups attached to an aromatic ring is 1. The Kier molecular flexibility index (Phi) is 4.58. The molecule has 0 saturated carbocycles. The Morgan fingerprint density at radius 2 is 2.00 bits per heavy atom. The van der Waals surface area contributed by atoms with Crippen molar-refractivity contribution in [2.24, 2.45) is 0 Å². The van der Waals surface area contributed by atoms with E-state index in [-0.39, 0.29) is 13.2 Å². The number of nitrogens with two attached hydrogens (primary N) is 1. The number of nitrogens with one attached hydrogen (secondary N) is 1. The summed E-state index contributed by atoms with van der Waals surface area (Å²) >= 11 is 3.35. The van der Waals surface area contributed by atoms with Gasteiger partial charge in [0.25, 0.3) is 0 Å². The minimum atomic E-state index is -0.727. The van der Waals surface area contributed by atoms with Crippen molar-refractivity contribution in [2.75, 3.05) is 24.3 Å². The van der Waals surface area contributed by atoms with Crippen molar-refractivity contribution in [3.05, 3.63) is 22.7 Å². The number of hydrogen-bond donors (Lipinski definition) is 4. The van der Waals surface area contributed by atoms with E-state index in [0.717, 1.165) is 4.47 Å². The van der Waals surface area contributed by atoms with Crippen molar-refractivity contribution in [2.45, 2.75) is 18.9 Å². The highest BCUT2D eigenvalue weighted by Gasteiger charge is 2.26. The summed E-state index contributed by atoms with van der Waals surface area (Å²) in [5, 5.41) is 21.7. The van der Waals surface area contributed by atoms with Crippen LogP contribution in [0.3, 0.4) is 0 Å². The molecule has 0 heterocycles. The van der Waals surface area contributed by atoms with Crippen molar-refractivity contribution >= 4 is 27.3 Å². The molecular weight excluding hydrogens is 272 g/mol. The fourth-order valence-corrected chi connectivity index (χ4v) is 1.72. The molecule has 90 valence electrons. The summed E-state index contributed by atoms with van der Waals surface area (Å²) in [4.78, 5) is 0. The summed E-state index contributed by atoms with van der Waals surface area (Å²) in [6, 6.07) is 5.43. The van der Waals surface area contributed by atoms with E-state index in [9.17, 15) is 10.2 Å². The quantitative estimate of drug-likeness (QED) is 0.621. The molecular formula is C11H17BrN2O2. The van der Waals surface area contributed by atoms with Crippen LogP contribution in [0.1, 0.15) is 13.3 Å². The van der Waals surface area contributed by atoms with Gasteiger partial charge in [-0.25, -0.2) is 0 Å². The fraction of sp³-hybridized carbons (Fsp3) is 0.455. The summed E-state index contributed by atoms with van der Waals surface area (Å²) in [6.45, 7) is 1.60. The molecule has 0 unspecified atom stereocenters. The molecule has 0 aliphatic rings. The van der Waals surface area contributed by atoms with Crippen LogP contribution in [0.15, 0.2) is 22.7 Å². The molecule has 1 aromatic rings. The molecule has 0 radical (unpaired) electrons. The number of aliphatic hydroxyl groups is 2. The van der Waals surface area contributed by atoms with Gasteiger partial charge in [0.2, 0.25) is 0 Å². The average molecular weight is 289 g/mol. The van der Waals surface area contributed by atoms with Crippen LogP contribution in [0, 0.1) is 0 Å². The average Bonchev–Trinajstić information content (AvgIpc) is 2.31. The lowest BCUT2D eigenvalue weighted by Crippen LogP contribution is -2.45. The predicted molar refractivity (Wildman–Crippen MR) is 69.4 cm³/mol. The Morgan fingerprint density at radius 1 is 1.38 bits per heavy atom. The minimum Gasteiger partial charge on any atom is -0.397 e. The summed E-state index contributed by atoms with van der Waals surface area (Å²) < 4.78 is 0.894. The molecule has 0 bridgehead atoms. The zero-order chi connectivity index (χ0) is 12.2. The van der Waals surface area contributed by atoms with Crippen LogP contribution in [0.4, 0.5) is 11.4 Å². The van der Waals surface area contributed by atoms with Crippen LogP contribution in [-0.4, -0.2) is 29.0 Å². The van der Waals surface area contributed by atoms with E-state index in [1.807, 2.05) is 19.1 Å². The zero-order valence-corrected chi connectivity index (χ0v) is 10.8. The van der Waals surface area contributed by atoms with Crippen LogP contribution in [-0.2, 0) is 0 Å². The molecule has 0 aliphatic heterocycles. The Hall–Kier alpha value is -0.780. The lowest BCUT2D eigenvalue weighted by molar-refractivity contribution is 0.132. The third kappa shape index (κ3) is 2.87. The molecule has 0 amide bonds. The maximum atomic E-state index is 9.32. The lowest BCUT2D eigenvalue weighted by Gasteiger charge is -2.31. The highest BCUT2D eigenvalue weighted by Crippen LogP contribution is 2.27. The van der Waals surface area contributed by atoms with Gasteiger partial charge in [-0.05, 0) is 24.6 Å². The molecule has 0 aromatic heterocycles. The van der Waals surface area contributed by atoms with Gasteiger partial charge in [-0.2, -0.15) is 0 Å². The van der Waals surface area contributed by atoms with Crippen LogP contribution in [0.5, 0.6) is 0 Å². The third-order valence-corrected chi connectivity index (χ3v) is 3.19. The van der Waals surface area contributed by atoms with Gasteiger partial charge in [0.05, 0.1) is 30.1 Å². The Labute approximate surface area is 104 Å². The highest BCUT2D eigenvalue weighted by atomic mass is 79.9. The molecule has 0 fully saturated rings. The molecule has 0 saturated heterocycles. The fourth-order valence-electron chi connectivity index (χ4n) is 1.36. The second-order valence-electron chi connectivity index (χ2n) is 3.81. The number of rotatable bonds is 5. The number of aliphatic hydroxyl groups excluding tert-OH is 2. The van der Waals surface area contributed by atoms with E-state index in [1.165, 1.54) is 0 Å². The van der Waals surface area contributed by atoms with E-state index < -0.39 is 5.54 Å². The first-order valence-corrected chi connectivity index (χ1v) is 5.91. The second kappa shape index (κ2) is 5.52. The minimum absolute atomic E-state index is 0.147. The van der Waals surface area contributed by atoms with Gasteiger partial charge in [0.1, 0.15) is 0 Å². The molecule has 5 N–H and O–H groups in total. The van der Waals surface area contributed by atoms with Crippen molar-refractivity contribution in [3.8, 4) is 0 Å². The van der Waals surface area contributed by atoms with Crippen LogP contribution in [0.2, 0.25) is 0 Å². The van der Waals surface area contributed by atoms with Crippen molar-refractivity contribution in [3.63, 3.8) is 0 Å². The van der Waals surface area contributed by atoms with E-state index in [4.69, 9.17) is 5.73 Å². The van der Waals surface area contributed by atoms with Crippen LogP contribution >= 0.6 is 15.9 Å². The van der Waals surface area contributed by atoms with Gasteiger partial charge in [0, 0.05) is 4.47 Å². The van der Waals surface area contributed by atoms with E-state index in [0.29, 0.717) is 17.8 Å². The monoisotopic (exact) mass is 288 g/mol. The van der Waals surface area contributed by atoms with Gasteiger partial charge in [-0.3, -0.25) is 0 Å². The van der Waals surface area contributed by atoms with Gasteiger partial charge in [-0.15, -0.1) is 0 Å². The molecule has 1 rings (SSSR count). The first-order valence-electron chi connectivity index (χ1n) is 5.12. The topological polar surface area (TPSA) is 78.5 Å². The van der Waals surface area contributed by atoms with E-state index >= 15 is 0 Å². The Balaban J connectivity index is 2.97. The standard InChI is InChI=1S/C11H17BrN2O2/c1-2-11(6-15,7-16)14-10-5-8(12)3-4-9(10)13/h3-5,14-16H,2,6-7,13H2,1H3. The van der Waals surface area contributed by atoms with Crippen molar-refractivity contribution in [1.82, 2.24) is 0 Å². The van der Waals surface area contributed by atoms with Crippen LogP contribution < -0.4 is 11.1 Å². The van der Waals surface area contributed by atoms with Crippen LogP contribution in [0.25, 0.3) is 0 Å². The number of benzene rings is 1. The summed E-state index contributed by atoms with van der Waals surface area (Å²) in [5.74, 6) is 0. The number of anilines is 2. The molecule has 1 aromatic carbocycles. The van der Waals surface area contributed by atoms with Crippen molar-refractivity contribution in [1.29, 1.82) is 0 Å². The van der Waals surface area contributed by atoms with Gasteiger partial charge in [-0.1, -0.05) is 22.9 Å². The third-order valence-electron chi connectivity index (χ3n) is 2.70. The molecule has 5 heteroatoms. The molecule has 0 spiro atoms. The number of hydrogen-bond acceptors (Lipinski definition) is 4.